The maximum atomic E-state index is 5.69. The van der Waals surface area contributed by atoms with Crippen LogP contribution in [0.1, 0.15) is 52.4 Å². The molecular formula is C11H20O. The fourth-order valence-electron chi connectivity index (χ4n) is 1.67. The largest absolute Gasteiger partial charge is 0.495 e. The van der Waals surface area contributed by atoms with Gasteiger partial charge in [-0.25, -0.2) is 0 Å². The summed E-state index contributed by atoms with van der Waals surface area (Å²) in [5, 5.41) is 0. The smallest absolute Gasteiger partial charge is 0.0985 e. The minimum absolute atomic E-state index is 0.515. The summed E-state index contributed by atoms with van der Waals surface area (Å²) in [6.07, 6.45) is 10.4. The van der Waals surface area contributed by atoms with Crippen LogP contribution in [0.2, 0.25) is 0 Å². The first-order chi connectivity index (χ1) is 5.83. The van der Waals surface area contributed by atoms with Gasteiger partial charge in [0.1, 0.15) is 0 Å². The normalized spacial score (nSPS) is 23.2. The van der Waals surface area contributed by atoms with Gasteiger partial charge in [0.05, 0.1) is 11.9 Å². The van der Waals surface area contributed by atoms with Gasteiger partial charge in [0.2, 0.25) is 0 Å². The van der Waals surface area contributed by atoms with Crippen molar-refractivity contribution in [2.75, 3.05) is 0 Å². The molecule has 1 rings (SSSR count). The molecule has 0 radical (unpaired) electrons. The SMILES string of the molecule is CCCCCC1CCC=C(C)[18O]1. The van der Waals surface area contributed by atoms with Gasteiger partial charge in [0.25, 0.3) is 0 Å². The molecule has 1 aliphatic heterocycles. The monoisotopic (exact) mass is 170 g/mol. The van der Waals surface area contributed by atoms with Crippen LogP contribution >= 0.6 is 0 Å². The zero-order valence-corrected chi connectivity index (χ0v) is 8.31. The lowest BCUT2D eigenvalue weighted by Crippen LogP contribution is -2.14. The molecule has 0 aromatic carbocycles. The molecule has 70 valence electrons. The molecule has 0 N–H and O–H groups in total. The molecule has 1 nitrogen and oxygen atoms in total. The third kappa shape index (κ3) is 3.29. The highest BCUT2D eigenvalue weighted by Gasteiger charge is 2.12. The zero-order chi connectivity index (χ0) is 8.81. The van der Waals surface area contributed by atoms with E-state index in [0.717, 1.165) is 5.76 Å². The second kappa shape index (κ2) is 5.23. The van der Waals surface area contributed by atoms with Crippen molar-refractivity contribution in [2.45, 2.75) is 58.5 Å². The molecule has 0 amide bonds. The Labute approximate surface area is 75.8 Å². The quantitative estimate of drug-likeness (QED) is 0.462. The number of unbranched alkanes of at least 4 members (excludes halogenated alkanes) is 2. The average molecular weight is 170 g/mol. The van der Waals surface area contributed by atoms with Gasteiger partial charge < -0.3 is 4.74 Å². The summed E-state index contributed by atoms with van der Waals surface area (Å²) in [5.41, 5.74) is 0. The minimum atomic E-state index is 0.515. The van der Waals surface area contributed by atoms with Crippen LogP contribution in [0.25, 0.3) is 0 Å². The van der Waals surface area contributed by atoms with E-state index in [1.165, 1.54) is 38.5 Å². The number of hydrogen-bond acceptors (Lipinski definition) is 1. The van der Waals surface area contributed by atoms with E-state index < -0.39 is 0 Å². The molecule has 1 atom stereocenters. The van der Waals surface area contributed by atoms with Crippen molar-refractivity contribution in [2.24, 2.45) is 0 Å². The van der Waals surface area contributed by atoms with Crippen molar-refractivity contribution in [1.29, 1.82) is 0 Å². The van der Waals surface area contributed by atoms with Crippen LogP contribution in [0.5, 0.6) is 0 Å². The minimum Gasteiger partial charge on any atom is -0.495 e. The van der Waals surface area contributed by atoms with E-state index in [9.17, 15) is 0 Å². The van der Waals surface area contributed by atoms with E-state index in [0.29, 0.717) is 6.10 Å². The van der Waals surface area contributed by atoms with Crippen LogP contribution in [-0.2, 0) is 4.74 Å². The van der Waals surface area contributed by atoms with Crippen molar-refractivity contribution < 1.29 is 4.74 Å². The third-order valence-corrected chi connectivity index (χ3v) is 2.40. The van der Waals surface area contributed by atoms with Crippen molar-refractivity contribution in [3.8, 4) is 0 Å². The predicted octanol–water partition coefficient (Wildman–Crippen LogP) is 3.65. The van der Waals surface area contributed by atoms with E-state index in [-0.39, 0.29) is 0 Å². The molecule has 0 saturated carbocycles. The summed E-state index contributed by atoms with van der Waals surface area (Å²) in [7, 11) is 0. The lowest BCUT2D eigenvalue weighted by Gasteiger charge is -2.22. The van der Waals surface area contributed by atoms with E-state index in [4.69, 9.17) is 4.74 Å². The van der Waals surface area contributed by atoms with Gasteiger partial charge in [-0.15, -0.1) is 0 Å². The second-order valence-electron chi connectivity index (χ2n) is 3.63. The Bertz CT molecular complexity index is 149. The molecular weight excluding hydrogens is 150 g/mol. The first-order valence-corrected chi connectivity index (χ1v) is 5.16. The highest BCUT2D eigenvalue weighted by Crippen LogP contribution is 2.20. The Morgan fingerprint density at radius 2 is 2.33 bits per heavy atom. The molecule has 0 aliphatic carbocycles. The van der Waals surface area contributed by atoms with E-state index in [1.807, 2.05) is 0 Å². The number of allylic oxidation sites excluding steroid dienone is 2. The maximum Gasteiger partial charge on any atom is 0.0985 e. The number of rotatable bonds is 4. The Balaban J connectivity index is 2.13. The van der Waals surface area contributed by atoms with E-state index in [1.54, 1.807) is 0 Å². The molecule has 1 heteroatoms. The summed E-state index contributed by atoms with van der Waals surface area (Å²) in [6, 6.07) is 0. The summed E-state index contributed by atoms with van der Waals surface area (Å²) in [4.78, 5) is 0. The third-order valence-electron chi connectivity index (χ3n) is 2.40. The molecule has 0 aromatic heterocycles. The van der Waals surface area contributed by atoms with E-state index >= 15 is 0 Å². The maximum absolute atomic E-state index is 5.69. The van der Waals surface area contributed by atoms with Crippen LogP contribution in [0.4, 0.5) is 0 Å². The van der Waals surface area contributed by atoms with Gasteiger partial charge >= 0.3 is 0 Å². The summed E-state index contributed by atoms with van der Waals surface area (Å²) in [5.74, 6) is 1.13. The fraction of sp³-hybridized carbons (Fsp3) is 0.818. The Morgan fingerprint density at radius 3 is 3.00 bits per heavy atom. The predicted molar refractivity (Wildman–Crippen MR) is 52.0 cm³/mol. The Kier molecular flexibility index (Phi) is 4.20. The van der Waals surface area contributed by atoms with Crippen LogP contribution in [0, 0.1) is 0 Å². The van der Waals surface area contributed by atoms with Gasteiger partial charge in [-0.3, -0.25) is 0 Å². The molecule has 0 bridgehead atoms. The van der Waals surface area contributed by atoms with Crippen LogP contribution in [0.3, 0.4) is 0 Å². The second-order valence-corrected chi connectivity index (χ2v) is 3.63. The highest BCUT2D eigenvalue weighted by molar-refractivity contribution is 4.93. The molecule has 0 saturated heterocycles. The molecule has 1 heterocycles. The van der Waals surface area contributed by atoms with E-state index in [2.05, 4.69) is 19.9 Å². The van der Waals surface area contributed by atoms with Gasteiger partial charge in [0, 0.05) is 0 Å². The molecule has 12 heavy (non-hydrogen) atoms. The van der Waals surface area contributed by atoms with Crippen molar-refractivity contribution in [3.05, 3.63) is 11.8 Å². The standard InChI is InChI=1S/C11H20O/c1-3-4-5-8-11-9-6-7-10(2)12-11/h7,11H,3-6,8-9H2,1-2H3/i12+2. The average Bonchev–Trinajstić information content (AvgIpc) is 2.05. The molecule has 0 aromatic rings. The van der Waals surface area contributed by atoms with Gasteiger partial charge in [-0.1, -0.05) is 19.8 Å². The first-order valence-electron chi connectivity index (χ1n) is 5.16. The number of hydrogen-bond donors (Lipinski definition) is 0. The van der Waals surface area contributed by atoms with Crippen molar-refractivity contribution >= 4 is 0 Å². The highest BCUT2D eigenvalue weighted by atomic mass is 18.3. The molecule has 0 fully saturated rings. The van der Waals surface area contributed by atoms with Crippen LogP contribution in [-0.4, -0.2) is 6.10 Å². The number of ether oxygens (including phenoxy) is 1. The van der Waals surface area contributed by atoms with Gasteiger partial charge in [-0.05, 0) is 38.7 Å². The van der Waals surface area contributed by atoms with Gasteiger partial charge in [-0.2, -0.15) is 0 Å². The lowest BCUT2D eigenvalue weighted by atomic mass is 10.1. The topological polar surface area (TPSA) is 9.23 Å². The fourth-order valence-corrected chi connectivity index (χ4v) is 1.67. The van der Waals surface area contributed by atoms with Crippen molar-refractivity contribution in [1.82, 2.24) is 0 Å². The van der Waals surface area contributed by atoms with Gasteiger partial charge in [0.15, 0.2) is 0 Å². The molecule has 1 unspecified atom stereocenters. The summed E-state index contributed by atoms with van der Waals surface area (Å²) in [6.45, 7) is 4.30. The molecule has 0 spiro atoms. The van der Waals surface area contributed by atoms with Crippen LogP contribution < -0.4 is 0 Å². The summed E-state index contributed by atoms with van der Waals surface area (Å²) >= 11 is 0. The van der Waals surface area contributed by atoms with Crippen LogP contribution in [0.15, 0.2) is 11.8 Å². The zero-order valence-electron chi connectivity index (χ0n) is 8.31. The summed E-state index contributed by atoms with van der Waals surface area (Å²) < 4.78 is 5.69. The Morgan fingerprint density at radius 1 is 1.50 bits per heavy atom. The van der Waals surface area contributed by atoms with Crippen molar-refractivity contribution in [3.63, 3.8) is 0 Å². The first kappa shape index (κ1) is 9.63. The Hall–Kier alpha value is -0.460. The lowest BCUT2D eigenvalue weighted by molar-refractivity contribution is 0.0873. The molecule has 1 aliphatic rings.